The van der Waals surface area contributed by atoms with E-state index in [0.29, 0.717) is 13.0 Å². The normalized spacial score (nSPS) is 11.9. The van der Waals surface area contributed by atoms with Crippen LogP contribution >= 0.6 is 0 Å². The summed E-state index contributed by atoms with van der Waals surface area (Å²) >= 11 is 0. The van der Waals surface area contributed by atoms with Crippen LogP contribution in [0.4, 0.5) is 0 Å². The van der Waals surface area contributed by atoms with Crippen molar-refractivity contribution in [1.82, 2.24) is 25.5 Å². The summed E-state index contributed by atoms with van der Waals surface area (Å²) in [5, 5.41) is 14.3. The van der Waals surface area contributed by atoms with Gasteiger partial charge < -0.3 is 5.32 Å². The zero-order valence-corrected chi connectivity index (χ0v) is 15.8. The van der Waals surface area contributed by atoms with E-state index in [1.165, 1.54) is 27.7 Å². The van der Waals surface area contributed by atoms with E-state index in [1.54, 1.807) is 0 Å². The van der Waals surface area contributed by atoms with Gasteiger partial charge >= 0.3 is 0 Å². The molecule has 1 amide bonds. The highest BCUT2D eigenvalue weighted by Gasteiger charge is 2.21. The third-order valence-corrected chi connectivity index (χ3v) is 4.68. The van der Waals surface area contributed by atoms with Crippen LogP contribution in [0, 0.1) is 13.8 Å². The fourth-order valence-corrected chi connectivity index (χ4v) is 3.19. The maximum atomic E-state index is 12.7. The van der Waals surface area contributed by atoms with E-state index in [9.17, 15) is 4.79 Å². The molecule has 0 aliphatic carbocycles. The van der Waals surface area contributed by atoms with E-state index in [2.05, 4.69) is 52.9 Å². The van der Waals surface area contributed by atoms with Crippen molar-refractivity contribution in [3.05, 3.63) is 77.1 Å². The van der Waals surface area contributed by atoms with Crippen molar-refractivity contribution in [2.45, 2.75) is 39.2 Å². The van der Waals surface area contributed by atoms with Gasteiger partial charge in [-0.05, 0) is 53.8 Å². The Kier molecular flexibility index (Phi) is 6.30. The van der Waals surface area contributed by atoms with Gasteiger partial charge in [0.25, 0.3) is 0 Å². The molecule has 0 bridgehead atoms. The molecule has 0 saturated heterocycles. The first kappa shape index (κ1) is 18.8. The first-order chi connectivity index (χ1) is 13.1. The molecule has 1 N–H and O–H groups in total. The summed E-state index contributed by atoms with van der Waals surface area (Å²) in [7, 11) is 0. The predicted octanol–water partition coefficient (Wildman–Crippen LogP) is 2.82. The number of nitrogens with one attached hydrogen (secondary N) is 1. The standard InChI is InChI=1S/C21H25N5O/c1-16-10-11-19(17(2)13-16)9-6-12-22-21(27)20(26-15-23-24-25-26)14-18-7-4-3-5-8-18/h3-5,7-8,10-11,13,15,20H,6,9,12,14H2,1-2H3,(H,22,27)/t20-/m0/s1. The lowest BCUT2D eigenvalue weighted by atomic mass is 10.0. The van der Waals surface area contributed by atoms with Gasteiger partial charge in [-0.25, -0.2) is 4.68 Å². The molecule has 3 rings (SSSR count). The van der Waals surface area contributed by atoms with E-state index >= 15 is 0 Å². The molecule has 1 heterocycles. The number of rotatable bonds is 8. The van der Waals surface area contributed by atoms with Crippen LogP contribution in [0.2, 0.25) is 0 Å². The maximum absolute atomic E-state index is 12.7. The van der Waals surface area contributed by atoms with Crippen LogP contribution in [0.25, 0.3) is 0 Å². The maximum Gasteiger partial charge on any atom is 0.245 e. The highest BCUT2D eigenvalue weighted by Crippen LogP contribution is 2.14. The Morgan fingerprint density at radius 3 is 2.67 bits per heavy atom. The molecular weight excluding hydrogens is 338 g/mol. The number of tetrazole rings is 1. The molecule has 6 nitrogen and oxygen atoms in total. The SMILES string of the molecule is Cc1ccc(CCCNC(=O)[C@H](Cc2ccccc2)n2cnnn2)c(C)c1. The summed E-state index contributed by atoms with van der Waals surface area (Å²) in [6.45, 7) is 4.86. The quantitative estimate of drug-likeness (QED) is 0.625. The molecule has 1 aromatic heterocycles. The van der Waals surface area contributed by atoms with Crippen molar-refractivity contribution < 1.29 is 4.79 Å². The molecule has 0 radical (unpaired) electrons. The number of amides is 1. The monoisotopic (exact) mass is 363 g/mol. The van der Waals surface area contributed by atoms with Crippen LogP contribution in [0.3, 0.4) is 0 Å². The van der Waals surface area contributed by atoms with Crippen LogP contribution in [-0.2, 0) is 17.6 Å². The lowest BCUT2D eigenvalue weighted by Gasteiger charge is -2.16. The Balaban J connectivity index is 1.56. The second-order valence-electron chi connectivity index (χ2n) is 6.82. The van der Waals surface area contributed by atoms with Gasteiger partial charge in [0.05, 0.1) is 0 Å². The average Bonchev–Trinajstić information content (AvgIpc) is 3.20. The number of aromatic nitrogens is 4. The number of hydrogen-bond acceptors (Lipinski definition) is 4. The van der Waals surface area contributed by atoms with Crippen molar-refractivity contribution in [1.29, 1.82) is 0 Å². The summed E-state index contributed by atoms with van der Waals surface area (Å²) in [4.78, 5) is 12.7. The van der Waals surface area contributed by atoms with Gasteiger partial charge in [-0.2, -0.15) is 0 Å². The Labute approximate surface area is 159 Å². The van der Waals surface area contributed by atoms with Gasteiger partial charge in [-0.15, -0.1) is 5.10 Å². The minimum Gasteiger partial charge on any atom is -0.354 e. The minimum atomic E-state index is -0.455. The summed E-state index contributed by atoms with van der Waals surface area (Å²) in [5.74, 6) is -0.0632. The minimum absolute atomic E-state index is 0.0632. The number of carbonyl (C=O) groups excluding carboxylic acids is 1. The highest BCUT2D eigenvalue weighted by molar-refractivity contribution is 5.80. The third-order valence-electron chi connectivity index (χ3n) is 4.68. The summed E-state index contributed by atoms with van der Waals surface area (Å²) < 4.78 is 1.52. The molecule has 0 unspecified atom stereocenters. The van der Waals surface area contributed by atoms with Crippen molar-refractivity contribution >= 4 is 5.91 Å². The highest BCUT2D eigenvalue weighted by atomic mass is 16.2. The molecule has 27 heavy (non-hydrogen) atoms. The van der Waals surface area contributed by atoms with Gasteiger partial charge in [0.1, 0.15) is 12.4 Å². The van der Waals surface area contributed by atoms with Crippen LogP contribution in [-0.4, -0.2) is 32.7 Å². The van der Waals surface area contributed by atoms with Crippen LogP contribution in [0.5, 0.6) is 0 Å². The smallest absolute Gasteiger partial charge is 0.245 e. The lowest BCUT2D eigenvalue weighted by Crippen LogP contribution is -2.35. The zero-order chi connectivity index (χ0) is 19.1. The van der Waals surface area contributed by atoms with Gasteiger partial charge in [0.15, 0.2) is 0 Å². The fourth-order valence-electron chi connectivity index (χ4n) is 3.19. The first-order valence-electron chi connectivity index (χ1n) is 9.24. The number of hydrogen-bond donors (Lipinski definition) is 1. The summed E-state index contributed by atoms with van der Waals surface area (Å²) in [6.07, 6.45) is 3.88. The molecule has 2 aromatic carbocycles. The van der Waals surface area contributed by atoms with Gasteiger partial charge in [-0.1, -0.05) is 54.1 Å². The van der Waals surface area contributed by atoms with Crippen LogP contribution < -0.4 is 5.32 Å². The third kappa shape index (κ3) is 5.23. The predicted molar refractivity (Wildman–Crippen MR) is 104 cm³/mol. The van der Waals surface area contributed by atoms with E-state index in [0.717, 1.165) is 18.4 Å². The fraction of sp³-hybridized carbons (Fsp3) is 0.333. The molecule has 0 fully saturated rings. The van der Waals surface area contributed by atoms with E-state index in [4.69, 9.17) is 0 Å². The molecule has 6 heteroatoms. The van der Waals surface area contributed by atoms with Crippen molar-refractivity contribution in [3.63, 3.8) is 0 Å². The molecule has 0 saturated carbocycles. The molecule has 3 aromatic rings. The Bertz CT molecular complexity index is 862. The topological polar surface area (TPSA) is 72.7 Å². The average molecular weight is 363 g/mol. The van der Waals surface area contributed by atoms with E-state index in [-0.39, 0.29) is 5.91 Å². The molecule has 0 aliphatic heterocycles. The van der Waals surface area contributed by atoms with Crippen LogP contribution in [0.15, 0.2) is 54.9 Å². The second kappa shape index (κ2) is 9.07. The van der Waals surface area contributed by atoms with Gasteiger partial charge in [-0.3, -0.25) is 4.79 Å². The van der Waals surface area contributed by atoms with Gasteiger partial charge in [0, 0.05) is 13.0 Å². The summed E-state index contributed by atoms with van der Waals surface area (Å²) in [6, 6.07) is 15.9. The summed E-state index contributed by atoms with van der Waals surface area (Å²) in [5.41, 5.74) is 4.98. The molecular formula is C21H25N5O. The number of aryl methyl sites for hydroxylation is 3. The largest absolute Gasteiger partial charge is 0.354 e. The molecule has 140 valence electrons. The van der Waals surface area contributed by atoms with Crippen molar-refractivity contribution in [2.24, 2.45) is 0 Å². The van der Waals surface area contributed by atoms with E-state index < -0.39 is 6.04 Å². The van der Waals surface area contributed by atoms with Crippen molar-refractivity contribution in [2.75, 3.05) is 6.54 Å². The number of benzene rings is 2. The molecule has 0 spiro atoms. The Hall–Kier alpha value is -3.02. The zero-order valence-electron chi connectivity index (χ0n) is 15.8. The number of nitrogens with zero attached hydrogens (tertiary/aromatic N) is 4. The Morgan fingerprint density at radius 2 is 1.96 bits per heavy atom. The molecule has 0 aliphatic rings. The van der Waals surface area contributed by atoms with Crippen molar-refractivity contribution in [3.8, 4) is 0 Å². The second-order valence-corrected chi connectivity index (χ2v) is 6.82. The van der Waals surface area contributed by atoms with Gasteiger partial charge in [0.2, 0.25) is 5.91 Å². The molecule has 1 atom stereocenters. The van der Waals surface area contributed by atoms with Crippen LogP contribution in [0.1, 0.15) is 34.7 Å². The Morgan fingerprint density at radius 1 is 1.15 bits per heavy atom. The first-order valence-corrected chi connectivity index (χ1v) is 9.24. The van der Waals surface area contributed by atoms with E-state index in [1.807, 2.05) is 30.3 Å². The number of carbonyl (C=O) groups is 1. The lowest BCUT2D eigenvalue weighted by molar-refractivity contribution is -0.124.